The highest BCUT2D eigenvalue weighted by Gasteiger charge is 2.53. The Kier molecular flexibility index (Phi) is 7.29. The van der Waals surface area contributed by atoms with Crippen molar-refractivity contribution < 1.29 is 0 Å². The molecule has 61 heavy (non-hydrogen) atoms. The van der Waals surface area contributed by atoms with Gasteiger partial charge in [0.15, 0.2) is 8.07 Å². The third-order valence-corrected chi connectivity index (χ3v) is 18.1. The average Bonchev–Trinajstić information content (AvgIpc) is 3.80. The largest absolute Gasteiger partial charge is 0.254 e. The molecule has 282 valence electrons. The van der Waals surface area contributed by atoms with Gasteiger partial charge in [-0.15, -0.1) is 5.10 Å². The van der Waals surface area contributed by atoms with E-state index in [0.717, 1.165) is 71.7 Å². The summed E-state index contributed by atoms with van der Waals surface area (Å²) in [6, 6.07) is 69.4. The number of hydrogen-bond donors (Lipinski definition) is 0. The van der Waals surface area contributed by atoms with Crippen LogP contribution in [0.1, 0.15) is 0 Å². The summed E-state index contributed by atoms with van der Waals surface area (Å²) in [5, 5.41) is 18.1. The first-order valence-corrected chi connectivity index (χ1v) is 22.8. The van der Waals surface area contributed by atoms with Crippen molar-refractivity contribution in [1.29, 1.82) is 0 Å². The van der Waals surface area contributed by atoms with Gasteiger partial charge in [0.05, 0.1) is 17.2 Å². The van der Waals surface area contributed by atoms with Gasteiger partial charge in [0, 0.05) is 39.7 Å². The Bertz CT molecular complexity index is 3580. The molecular formula is C56H34N4Si. The Morgan fingerprint density at radius 3 is 1.61 bits per heavy atom. The summed E-state index contributed by atoms with van der Waals surface area (Å²) in [6.07, 6.45) is 5.60. The summed E-state index contributed by atoms with van der Waals surface area (Å²) in [5.41, 5.74) is 17.0. The number of fused-ring (bicyclic) bond motifs is 14. The van der Waals surface area contributed by atoms with Crippen LogP contribution < -0.4 is 20.7 Å². The highest BCUT2D eigenvalue weighted by atomic mass is 28.3. The Labute approximate surface area is 353 Å². The Balaban J connectivity index is 1.03. The van der Waals surface area contributed by atoms with Gasteiger partial charge >= 0.3 is 0 Å². The summed E-state index contributed by atoms with van der Waals surface area (Å²) in [7, 11) is -2.54. The van der Waals surface area contributed by atoms with E-state index in [0.29, 0.717) is 0 Å². The molecule has 5 heteroatoms. The van der Waals surface area contributed by atoms with E-state index in [2.05, 4.69) is 191 Å². The van der Waals surface area contributed by atoms with Crippen LogP contribution in [0.3, 0.4) is 0 Å². The molecule has 0 bridgehead atoms. The zero-order chi connectivity index (χ0) is 40.1. The van der Waals surface area contributed by atoms with E-state index >= 15 is 0 Å². The van der Waals surface area contributed by atoms with Crippen molar-refractivity contribution in [1.82, 2.24) is 20.2 Å². The third-order valence-electron chi connectivity index (χ3n) is 13.1. The molecular weight excluding hydrogens is 757 g/mol. The molecule has 11 aromatic rings. The van der Waals surface area contributed by atoms with Crippen molar-refractivity contribution >= 4 is 61.5 Å². The summed E-state index contributed by atoms with van der Waals surface area (Å²) >= 11 is 0. The van der Waals surface area contributed by atoms with Gasteiger partial charge in [0.1, 0.15) is 5.52 Å². The van der Waals surface area contributed by atoms with E-state index in [1.165, 1.54) is 48.6 Å². The first-order valence-electron chi connectivity index (χ1n) is 20.8. The molecule has 0 saturated carbocycles. The van der Waals surface area contributed by atoms with Gasteiger partial charge in [0.2, 0.25) is 0 Å². The fourth-order valence-corrected chi connectivity index (χ4v) is 16.1. The molecule has 0 amide bonds. The minimum absolute atomic E-state index is 0.885. The molecule has 13 rings (SSSR count). The molecule has 0 aliphatic carbocycles. The van der Waals surface area contributed by atoms with Crippen LogP contribution in [0.25, 0.3) is 99.5 Å². The van der Waals surface area contributed by atoms with Crippen molar-refractivity contribution in [2.24, 2.45) is 0 Å². The lowest BCUT2D eigenvalue weighted by molar-refractivity contribution is 1.08. The lowest BCUT2D eigenvalue weighted by atomic mass is 9.89. The van der Waals surface area contributed by atoms with Crippen molar-refractivity contribution in [2.75, 3.05) is 0 Å². The summed E-state index contributed by atoms with van der Waals surface area (Å²) in [4.78, 5) is 9.70. The molecule has 0 fully saturated rings. The number of benzene rings is 8. The Morgan fingerprint density at radius 2 is 0.852 bits per heavy atom. The van der Waals surface area contributed by atoms with E-state index in [-0.39, 0.29) is 0 Å². The van der Waals surface area contributed by atoms with E-state index in [9.17, 15) is 0 Å². The van der Waals surface area contributed by atoms with Crippen LogP contribution in [0.4, 0.5) is 0 Å². The SMILES string of the molecule is c1ccc(-c2cnc3c(ccc4cccnc43)c2)c(-c2cc(-c3ccc4c(c3)-c3ccccc3[Si]43c4ccccc4-c4ccccc43)cc(-c3cccc4ccnnc34)c2)c1. The van der Waals surface area contributed by atoms with E-state index in [4.69, 9.17) is 4.98 Å². The monoisotopic (exact) mass is 790 g/mol. The summed E-state index contributed by atoms with van der Waals surface area (Å²) in [5.74, 6) is 0. The van der Waals surface area contributed by atoms with E-state index < -0.39 is 8.07 Å². The number of aromatic nitrogens is 4. The number of rotatable bonds is 4. The van der Waals surface area contributed by atoms with E-state index in [1.54, 1.807) is 6.20 Å². The number of hydrogen-bond acceptors (Lipinski definition) is 4. The highest BCUT2D eigenvalue weighted by Crippen LogP contribution is 2.42. The van der Waals surface area contributed by atoms with Gasteiger partial charge in [-0.2, -0.15) is 5.10 Å². The molecule has 0 N–H and O–H groups in total. The predicted molar refractivity (Wildman–Crippen MR) is 253 cm³/mol. The van der Waals surface area contributed by atoms with Crippen molar-refractivity contribution in [3.05, 3.63) is 207 Å². The number of nitrogens with zero attached hydrogens (tertiary/aromatic N) is 4. The van der Waals surface area contributed by atoms with Crippen LogP contribution in [0, 0.1) is 0 Å². The normalized spacial score (nSPS) is 13.0. The minimum Gasteiger partial charge on any atom is -0.254 e. The second-order valence-electron chi connectivity index (χ2n) is 16.2. The van der Waals surface area contributed by atoms with Crippen molar-refractivity contribution in [3.8, 4) is 66.8 Å². The maximum Gasteiger partial charge on any atom is 0.182 e. The zero-order valence-corrected chi connectivity index (χ0v) is 33.9. The Morgan fingerprint density at radius 1 is 0.295 bits per heavy atom. The molecule has 0 radical (unpaired) electrons. The molecule has 0 unspecified atom stereocenters. The minimum atomic E-state index is -2.54. The predicted octanol–water partition coefficient (Wildman–Crippen LogP) is 10.7. The van der Waals surface area contributed by atoms with Gasteiger partial charge in [0.25, 0.3) is 0 Å². The van der Waals surface area contributed by atoms with Gasteiger partial charge in [-0.05, 0) is 119 Å². The molecule has 8 aromatic carbocycles. The average molecular weight is 791 g/mol. The quantitative estimate of drug-likeness (QED) is 0.132. The summed E-state index contributed by atoms with van der Waals surface area (Å²) in [6.45, 7) is 0. The van der Waals surface area contributed by atoms with Gasteiger partial charge < -0.3 is 0 Å². The summed E-state index contributed by atoms with van der Waals surface area (Å²) < 4.78 is 0. The first-order chi connectivity index (χ1) is 30.2. The fraction of sp³-hybridized carbons (Fsp3) is 0. The fourth-order valence-electron chi connectivity index (χ4n) is 10.5. The van der Waals surface area contributed by atoms with Crippen molar-refractivity contribution in [3.63, 3.8) is 0 Å². The zero-order valence-electron chi connectivity index (χ0n) is 32.9. The molecule has 1 spiro atoms. The van der Waals surface area contributed by atoms with Crippen LogP contribution in [0.2, 0.25) is 0 Å². The van der Waals surface area contributed by atoms with Crippen LogP contribution in [0.5, 0.6) is 0 Å². The molecule has 3 aromatic heterocycles. The third kappa shape index (κ3) is 4.92. The second kappa shape index (κ2) is 13.1. The smallest absolute Gasteiger partial charge is 0.182 e. The maximum absolute atomic E-state index is 5.02. The molecule has 0 saturated heterocycles. The Hall–Kier alpha value is -7.86. The molecule has 2 aliphatic heterocycles. The molecule has 0 atom stereocenters. The van der Waals surface area contributed by atoms with Crippen molar-refractivity contribution in [2.45, 2.75) is 0 Å². The lowest BCUT2D eigenvalue weighted by Gasteiger charge is -2.27. The molecule has 2 aliphatic rings. The molecule has 5 heterocycles. The number of pyridine rings is 2. The first kappa shape index (κ1) is 34.0. The van der Waals surface area contributed by atoms with Crippen LogP contribution in [-0.2, 0) is 0 Å². The topological polar surface area (TPSA) is 51.6 Å². The lowest BCUT2D eigenvalue weighted by Crippen LogP contribution is -2.70. The van der Waals surface area contributed by atoms with Gasteiger partial charge in [-0.3, -0.25) is 9.97 Å². The van der Waals surface area contributed by atoms with Gasteiger partial charge in [-0.1, -0.05) is 146 Å². The van der Waals surface area contributed by atoms with E-state index in [1.807, 2.05) is 24.5 Å². The van der Waals surface area contributed by atoms with Crippen LogP contribution in [0.15, 0.2) is 207 Å². The molecule has 4 nitrogen and oxygen atoms in total. The van der Waals surface area contributed by atoms with Crippen LogP contribution >= 0.6 is 0 Å². The highest BCUT2D eigenvalue weighted by molar-refractivity contribution is 7.24. The maximum atomic E-state index is 5.02. The van der Waals surface area contributed by atoms with Gasteiger partial charge in [-0.25, -0.2) is 0 Å². The van der Waals surface area contributed by atoms with Crippen LogP contribution in [-0.4, -0.2) is 28.2 Å². The standard InChI is InChI=1S/C56H34N4Si/c1-2-14-44(42-29-38-23-22-35-12-10-27-57-55(35)56(38)58-34-42)43(13-1)40-30-39(31-41(32-40)45-18-9-11-36-26-28-59-60-54(36)45)37-24-25-53-49(33-37)48-17-5-8-21-52(48)61(53)50-19-6-3-15-46(50)47-16-4-7-20-51(47)61/h1-34H. The second-order valence-corrected chi connectivity index (χ2v) is 19.9.